The van der Waals surface area contributed by atoms with Crippen LogP contribution in [0.5, 0.6) is 5.75 Å². The van der Waals surface area contributed by atoms with Crippen molar-refractivity contribution in [2.75, 3.05) is 26.7 Å². The van der Waals surface area contributed by atoms with Crippen molar-refractivity contribution < 1.29 is 9.53 Å². The van der Waals surface area contributed by atoms with Crippen LogP contribution in [0.15, 0.2) is 12.1 Å². The Morgan fingerprint density at radius 3 is 2.45 bits per heavy atom. The fourth-order valence-electron chi connectivity index (χ4n) is 2.72. The number of benzene rings is 1. The molecule has 0 aliphatic carbocycles. The van der Waals surface area contributed by atoms with Gasteiger partial charge in [-0.15, -0.1) is 12.4 Å². The molecule has 0 radical (unpaired) electrons. The van der Waals surface area contributed by atoms with Crippen molar-refractivity contribution in [1.29, 1.82) is 0 Å². The molecule has 0 aromatic heterocycles. The summed E-state index contributed by atoms with van der Waals surface area (Å²) >= 11 is 0. The molecule has 0 spiro atoms. The molecular formula is C16H24ClNO2. The van der Waals surface area contributed by atoms with E-state index in [-0.39, 0.29) is 18.2 Å². The number of nitrogens with zero attached hydrogens (tertiary/aromatic N) is 1. The number of rotatable bonds is 5. The first-order valence-electron chi connectivity index (χ1n) is 7.03. The van der Waals surface area contributed by atoms with E-state index in [9.17, 15) is 4.79 Å². The zero-order chi connectivity index (χ0) is 13.8. The van der Waals surface area contributed by atoms with Crippen molar-refractivity contribution >= 4 is 18.2 Å². The van der Waals surface area contributed by atoms with Crippen LogP contribution < -0.4 is 4.74 Å². The number of halogens is 1. The Balaban J connectivity index is 0.00000200. The molecule has 0 saturated carbocycles. The molecule has 1 heterocycles. The number of hydrogen-bond donors (Lipinski definition) is 0. The zero-order valence-electron chi connectivity index (χ0n) is 12.6. The number of likely N-dealkylation sites (tertiary alicyclic amines) is 1. The minimum atomic E-state index is 0. The normalized spacial score (nSPS) is 14.9. The molecule has 1 aromatic carbocycles. The van der Waals surface area contributed by atoms with Gasteiger partial charge in [-0.1, -0.05) is 0 Å². The highest BCUT2D eigenvalue weighted by molar-refractivity contribution is 5.98. The largest absolute Gasteiger partial charge is 0.496 e. The molecule has 0 amide bonds. The third-order valence-electron chi connectivity index (χ3n) is 4.11. The van der Waals surface area contributed by atoms with E-state index in [1.165, 1.54) is 12.8 Å². The van der Waals surface area contributed by atoms with Gasteiger partial charge in [-0.05, 0) is 63.0 Å². The minimum Gasteiger partial charge on any atom is -0.496 e. The average molecular weight is 298 g/mol. The van der Waals surface area contributed by atoms with Gasteiger partial charge in [0.2, 0.25) is 0 Å². The van der Waals surface area contributed by atoms with Gasteiger partial charge < -0.3 is 9.64 Å². The number of methoxy groups -OCH3 is 1. The first-order chi connectivity index (χ1) is 9.13. The van der Waals surface area contributed by atoms with Crippen LogP contribution in [0.1, 0.15) is 40.7 Å². The molecule has 0 N–H and O–H groups in total. The number of carbonyl (C=O) groups is 1. The van der Waals surface area contributed by atoms with Gasteiger partial charge in [-0.2, -0.15) is 0 Å². The van der Waals surface area contributed by atoms with Crippen LogP contribution in [0.2, 0.25) is 0 Å². The van der Waals surface area contributed by atoms with Gasteiger partial charge in [0.05, 0.1) is 7.11 Å². The Morgan fingerprint density at radius 2 is 1.85 bits per heavy atom. The Kier molecular flexibility index (Phi) is 6.50. The van der Waals surface area contributed by atoms with Crippen molar-refractivity contribution in [2.45, 2.75) is 33.1 Å². The molecule has 1 fully saturated rings. The lowest BCUT2D eigenvalue weighted by Gasteiger charge is -2.15. The maximum atomic E-state index is 12.3. The van der Waals surface area contributed by atoms with Crippen LogP contribution in [-0.2, 0) is 0 Å². The third-order valence-corrected chi connectivity index (χ3v) is 4.11. The third kappa shape index (κ3) is 3.74. The van der Waals surface area contributed by atoms with E-state index in [1.54, 1.807) is 7.11 Å². The molecule has 0 atom stereocenters. The van der Waals surface area contributed by atoms with E-state index < -0.39 is 0 Å². The number of ketones is 1. The maximum Gasteiger partial charge on any atom is 0.164 e. The number of carbonyl (C=O) groups excluding carboxylic acids is 1. The van der Waals surface area contributed by atoms with Gasteiger partial charge in [0.25, 0.3) is 0 Å². The Bertz CT molecular complexity index is 468. The summed E-state index contributed by atoms with van der Waals surface area (Å²) in [4.78, 5) is 14.7. The maximum absolute atomic E-state index is 12.3. The topological polar surface area (TPSA) is 29.5 Å². The summed E-state index contributed by atoms with van der Waals surface area (Å²) in [5.74, 6) is 1.10. The molecule has 1 aliphatic heterocycles. The summed E-state index contributed by atoms with van der Waals surface area (Å²) < 4.78 is 5.28. The van der Waals surface area contributed by atoms with Gasteiger partial charge in [0.15, 0.2) is 5.78 Å². The quantitative estimate of drug-likeness (QED) is 0.780. The predicted octanol–water partition coefficient (Wildman–Crippen LogP) is 3.40. The molecule has 112 valence electrons. The second-order valence-corrected chi connectivity index (χ2v) is 5.29. The monoisotopic (exact) mass is 297 g/mol. The summed E-state index contributed by atoms with van der Waals surface area (Å²) in [5, 5.41) is 0. The fraction of sp³-hybridized carbons (Fsp3) is 0.562. The van der Waals surface area contributed by atoms with Crippen LogP contribution in [0, 0.1) is 13.8 Å². The molecule has 1 saturated heterocycles. The summed E-state index contributed by atoms with van der Waals surface area (Å²) in [7, 11) is 1.66. The molecule has 20 heavy (non-hydrogen) atoms. The van der Waals surface area contributed by atoms with Gasteiger partial charge in [0, 0.05) is 18.5 Å². The fourth-order valence-corrected chi connectivity index (χ4v) is 2.72. The number of ether oxygens (including phenoxy) is 1. The second-order valence-electron chi connectivity index (χ2n) is 5.29. The molecule has 0 unspecified atom stereocenters. The molecule has 3 nitrogen and oxygen atoms in total. The molecule has 1 aromatic rings. The van der Waals surface area contributed by atoms with Crippen molar-refractivity contribution in [1.82, 2.24) is 4.90 Å². The first kappa shape index (κ1) is 17.0. The highest BCUT2D eigenvalue weighted by atomic mass is 35.5. The number of hydrogen-bond acceptors (Lipinski definition) is 3. The van der Waals surface area contributed by atoms with Crippen LogP contribution in [0.3, 0.4) is 0 Å². The molecule has 1 aliphatic rings. The van der Waals surface area contributed by atoms with E-state index in [4.69, 9.17) is 4.74 Å². The van der Waals surface area contributed by atoms with Crippen molar-refractivity contribution in [3.63, 3.8) is 0 Å². The summed E-state index contributed by atoms with van der Waals surface area (Å²) in [6.07, 6.45) is 3.16. The van der Waals surface area contributed by atoms with Gasteiger partial charge >= 0.3 is 0 Å². The lowest BCUT2D eigenvalue weighted by atomic mass is 9.98. The van der Waals surface area contributed by atoms with Gasteiger partial charge in [0.1, 0.15) is 5.75 Å². The van der Waals surface area contributed by atoms with E-state index in [1.807, 2.05) is 26.0 Å². The van der Waals surface area contributed by atoms with Crippen molar-refractivity contribution in [3.8, 4) is 5.75 Å². The van der Waals surface area contributed by atoms with Gasteiger partial charge in [-0.3, -0.25) is 4.79 Å². The van der Waals surface area contributed by atoms with Crippen molar-refractivity contribution in [2.24, 2.45) is 0 Å². The summed E-state index contributed by atoms with van der Waals surface area (Å²) in [6.45, 7) is 7.19. The van der Waals surface area contributed by atoms with E-state index in [2.05, 4.69) is 4.90 Å². The van der Waals surface area contributed by atoms with E-state index in [0.29, 0.717) is 6.42 Å². The standard InChI is InChI=1S/C16H23NO2.ClH/c1-12-13(2)16(19-3)7-6-14(12)15(18)8-11-17-9-4-5-10-17;/h6-7H,4-5,8-11H2,1-3H3;1H. The molecule has 4 heteroatoms. The average Bonchev–Trinajstić information content (AvgIpc) is 2.92. The number of Topliss-reactive ketones (excluding diaryl/α,β-unsaturated/α-hetero) is 1. The Morgan fingerprint density at radius 1 is 1.20 bits per heavy atom. The molecular weight excluding hydrogens is 274 g/mol. The SMILES string of the molecule is COc1ccc(C(=O)CCN2CCCC2)c(C)c1C.Cl. The smallest absolute Gasteiger partial charge is 0.164 e. The summed E-state index contributed by atoms with van der Waals surface area (Å²) in [5.41, 5.74) is 2.96. The lowest BCUT2D eigenvalue weighted by molar-refractivity contribution is 0.0968. The van der Waals surface area contributed by atoms with Gasteiger partial charge in [-0.25, -0.2) is 0 Å². The van der Waals surface area contributed by atoms with E-state index in [0.717, 1.165) is 42.1 Å². The summed E-state index contributed by atoms with van der Waals surface area (Å²) in [6, 6.07) is 3.79. The van der Waals surface area contributed by atoms with E-state index >= 15 is 0 Å². The predicted molar refractivity (Wildman–Crippen MR) is 84.3 cm³/mol. The first-order valence-corrected chi connectivity index (χ1v) is 7.03. The Labute approximate surface area is 127 Å². The molecule has 0 bridgehead atoms. The highest BCUT2D eigenvalue weighted by Crippen LogP contribution is 2.24. The van der Waals surface area contributed by atoms with Crippen LogP contribution in [0.4, 0.5) is 0 Å². The van der Waals surface area contributed by atoms with Crippen molar-refractivity contribution in [3.05, 3.63) is 28.8 Å². The van der Waals surface area contributed by atoms with Crippen LogP contribution >= 0.6 is 12.4 Å². The lowest BCUT2D eigenvalue weighted by Crippen LogP contribution is -2.23. The highest BCUT2D eigenvalue weighted by Gasteiger charge is 2.16. The zero-order valence-corrected chi connectivity index (χ0v) is 13.4. The minimum absolute atomic E-state index is 0. The molecule has 2 rings (SSSR count). The van der Waals surface area contributed by atoms with Crippen LogP contribution in [-0.4, -0.2) is 37.4 Å². The van der Waals surface area contributed by atoms with Crippen LogP contribution in [0.25, 0.3) is 0 Å². The second kappa shape index (κ2) is 7.65. The Hall–Kier alpha value is -1.06.